The molecule has 82 heavy (non-hydrogen) atoms. The Morgan fingerprint density at radius 3 is 1.95 bits per heavy atom. The Labute approximate surface area is 496 Å². The first kappa shape index (κ1) is 53.7. The van der Waals surface area contributed by atoms with Crippen molar-refractivity contribution in [2.75, 3.05) is 21.2 Å². The second-order valence-electron chi connectivity index (χ2n) is 28.4. The molecule has 6 aliphatic carbocycles. The molecular formula is C77H86BN3S. The number of thiophene rings is 1. The van der Waals surface area contributed by atoms with Crippen LogP contribution >= 0.6 is 11.3 Å². The fraction of sp³-hybridized carbons (Fsp3) is 0.403. The van der Waals surface area contributed by atoms with E-state index in [0.29, 0.717) is 11.8 Å². The summed E-state index contributed by atoms with van der Waals surface area (Å²) in [6.07, 6.45) is 25.4. The van der Waals surface area contributed by atoms with E-state index in [9.17, 15) is 0 Å². The highest BCUT2D eigenvalue weighted by Gasteiger charge is 2.52. The molecule has 8 aliphatic rings. The van der Waals surface area contributed by atoms with Crippen LogP contribution in [-0.2, 0) is 10.8 Å². The highest BCUT2D eigenvalue weighted by Crippen LogP contribution is 2.58. The molecule has 0 spiro atoms. The van der Waals surface area contributed by atoms with E-state index >= 15 is 0 Å². The maximum absolute atomic E-state index is 2.89. The van der Waals surface area contributed by atoms with Gasteiger partial charge in [0.2, 0.25) is 6.71 Å². The lowest BCUT2D eigenvalue weighted by molar-refractivity contribution is 0.248. The van der Waals surface area contributed by atoms with Crippen molar-refractivity contribution >= 4 is 78.2 Å². The first-order valence-corrected chi connectivity index (χ1v) is 32.6. The summed E-state index contributed by atoms with van der Waals surface area (Å²) in [5, 5.41) is 2.93. The maximum Gasteiger partial charge on any atom is 0.228 e. The third-order valence-corrected chi connectivity index (χ3v) is 23.3. The van der Waals surface area contributed by atoms with E-state index in [4.69, 9.17) is 0 Å². The average Bonchev–Trinajstić information content (AvgIpc) is 2.46. The van der Waals surface area contributed by atoms with Gasteiger partial charge in [-0.1, -0.05) is 167 Å². The number of anilines is 7. The molecule has 418 valence electrons. The number of hydrogen-bond acceptors (Lipinski definition) is 4. The molecule has 15 rings (SSSR count). The minimum absolute atomic E-state index is 0.0754. The number of hydrogen-bond donors (Lipinski definition) is 0. The molecule has 0 amide bonds. The molecule has 5 heteroatoms. The van der Waals surface area contributed by atoms with Gasteiger partial charge in [0, 0.05) is 51.4 Å². The Bertz CT molecular complexity index is 3730. The molecule has 6 aromatic carbocycles. The summed E-state index contributed by atoms with van der Waals surface area (Å²) in [5.41, 5.74) is 24.4. The van der Waals surface area contributed by atoms with Crippen molar-refractivity contribution in [3.05, 3.63) is 197 Å². The summed E-state index contributed by atoms with van der Waals surface area (Å²) in [6.45, 7) is 28.4. The molecule has 2 bridgehead atoms. The summed E-state index contributed by atoms with van der Waals surface area (Å²) in [5.74, 6) is 2.13. The third kappa shape index (κ3) is 8.61. The van der Waals surface area contributed by atoms with Crippen LogP contribution in [0.5, 0.6) is 0 Å². The van der Waals surface area contributed by atoms with Crippen LogP contribution in [0, 0.1) is 16.7 Å². The largest absolute Gasteiger partial charge is 0.362 e. The highest BCUT2D eigenvalue weighted by molar-refractivity contribution is 7.26. The summed E-state index contributed by atoms with van der Waals surface area (Å²) < 4.78 is 1.47. The molecule has 2 aliphatic heterocycles. The van der Waals surface area contributed by atoms with Gasteiger partial charge in [-0.3, -0.25) is 0 Å². The van der Waals surface area contributed by atoms with E-state index in [0.717, 1.165) is 42.4 Å². The number of rotatable bonds is 9. The van der Waals surface area contributed by atoms with Gasteiger partial charge >= 0.3 is 0 Å². The van der Waals surface area contributed by atoms with Crippen LogP contribution < -0.4 is 25.6 Å². The monoisotopic (exact) mass is 1100 g/mol. The number of benzene rings is 6. The van der Waals surface area contributed by atoms with E-state index in [2.05, 4.69) is 260 Å². The Morgan fingerprint density at radius 1 is 0.622 bits per heavy atom. The van der Waals surface area contributed by atoms with Gasteiger partial charge in [-0.15, -0.1) is 11.3 Å². The molecule has 4 unspecified atom stereocenters. The van der Waals surface area contributed by atoms with Gasteiger partial charge < -0.3 is 14.7 Å². The lowest BCUT2D eigenvalue weighted by atomic mass is 9.29. The quantitative estimate of drug-likeness (QED) is 0.133. The number of fused-ring (bicyclic) bond motifs is 9. The smallest absolute Gasteiger partial charge is 0.228 e. The maximum atomic E-state index is 2.89. The van der Waals surface area contributed by atoms with Gasteiger partial charge in [0.25, 0.3) is 0 Å². The van der Waals surface area contributed by atoms with E-state index in [1.54, 1.807) is 27.7 Å². The standard InChI is InChI=1S/C77H86BN3S/c1-12-20-62-63(76(9,10)41-40-75(62,7)8)36-42-79-67-43-51(13-2)25-32-66(67)78-71-61-47-65-60(50(4)52-34-38-77(65,11)39-35-52)48-70(61)82-73(71)81(58-30-31-59-49(3)33-37-74(5,6)64(59)46-58)69-45-54(44-68(79)72(69)78)53-26-28-57(29-27-53)80(55-21-16-14-17-22-55)56-23-18-15-19-24-56/h14-32,36,43-50,52,66-67H,12-13,33-35,37-42H2,1-11H3/b62-20+,63-36+. The van der Waals surface area contributed by atoms with Gasteiger partial charge in [0.1, 0.15) is 0 Å². The van der Waals surface area contributed by atoms with Gasteiger partial charge in [-0.05, 0) is 243 Å². The van der Waals surface area contributed by atoms with Crippen LogP contribution in [0.4, 0.5) is 39.1 Å². The second-order valence-corrected chi connectivity index (χ2v) is 29.4. The first-order chi connectivity index (χ1) is 39.5. The third-order valence-electron chi connectivity index (χ3n) is 22.1. The molecule has 4 atom stereocenters. The second kappa shape index (κ2) is 19.9. The molecule has 7 aromatic rings. The van der Waals surface area contributed by atoms with E-state index in [1.165, 1.54) is 117 Å². The Morgan fingerprint density at radius 2 is 1.28 bits per heavy atom. The summed E-state index contributed by atoms with van der Waals surface area (Å²) in [4.78, 5) is 8.07. The Hall–Kier alpha value is -6.30. The Balaban J connectivity index is 1.04. The normalized spacial score (nSPS) is 26.2. The van der Waals surface area contributed by atoms with E-state index in [-0.39, 0.29) is 40.2 Å². The van der Waals surface area contributed by atoms with Crippen LogP contribution in [0.25, 0.3) is 21.2 Å². The zero-order valence-electron chi connectivity index (χ0n) is 51.0. The lowest BCUT2D eigenvalue weighted by Gasteiger charge is -2.50. The van der Waals surface area contributed by atoms with Crippen molar-refractivity contribution in [2.24, 2.45) is 16.7 Å². The summed E-state index contributed by atoms with van der Waals surface area (Å²) in [7, 11) is 0. The van der Waals surface area contributed by atoms with Crippen LogP contribution in [0.2, 0.25) is 5.82 Å². The van der Waals surface area contributed by atoms with Crippen molar-refractivity contribution in [2.45, 2.75) is 175 Å². The first-order valence-electron chi connectivity index (χ1n) is 31.8. The predicted molar refractivity (Wildman–Crippen MR) is 356 cm³/mol. The molecule has 3 nitrogen and oxygen atoms in total. The fourth-order valence-corrected chi connectivity index (χ4v) is 18.3. The van der Waals surface area contributed by atoms with Gasteiger partial charge in [0.15, 0.2) is 0 Å². The number of nitrogens with zero attached hydrogens (tertiary/aromatic N) is 3. The molecule has 2 fully saturated rings. The molecule has 1 aromatic heterocycles. The van der Waals surface area contributed by atoms with Gasteiger partial charge in [0.05, 0.1) is 5.00 Å². The van der Waals surface area contributed by atoms with Crippen LogP contribution in [-0.4, -0.2) is 19.3 Å². The summed E-state index contributed by atoms with van der Waals surface area (Å²) >= 11 is 2.09. The zero-order valence-corrected chi connectivity index (χ0v) is 51.8. The van der Waals surface area contributed by atoms with Crippen LogP contribution in [0.1, 0.15) is 174 Å². The van der Waals surface area contributed by atoms with E-state index in [1.807, 2.05) is 0 Å². The minimum Gasteiger partial charge on any atom is -0.362 e. The number of para-hydroxylation sites is 2. The number of allylic oxidation sites excluding steroid dienone is 5. The molecule has 3 heterocycles. The van der Waals surface area contributed by atoms with Gasteiger partial charge in [-0.2, -0.15) is 0 Å². The van der Waals surface area contributed by atoms with Crippen molar-refractivity contribution in [1.82, 2.24) is 0 Å². The van der Waals surface area contributed by atoms with Crippen molar-refractivity contribution in [3.63, 3.8) is 0 Å². The van der Waals surface area contributed by atoms with Crippen LogP contribution in [0.15, 0.2) is 174 Å². The average molecular weight is 1100 g/mol. The highest BCUT2D eigenvalue weighted by atomic mass is 32.1. The fourth-order valence-electron chi connectivity index (χ4n) is 17.0. The molecular weight excluding hydrogens is 1010 g/mol. The topological polar surface area (TPSA) is 9.72 Å². The molecule has 2 saturated carbocycles. The van der Waals surface area contributed by atoms with Crippen molar-refractivity contribution < 1.29 is 0 Å². The Kier molecular flexibility index (Phi) is 13.0. The van der Waals surface area contributed by atoms with Crippen molar-refractivity contribution in [1.29, 1.82) is 0 Å². The van der Waals surface area contributed by atoms with Crippen LogP contribution in [0.3, 0.4) is 0 Å². The predicted octanol–water partition coefficient (Wildman–Crippen LogP) is 20.7. The minimum atomic E-state index is 0.0754. The van der Waals surface area contributed by atoms with E-state index < -0.39 is 0 Å². The molecule has 0 saturated heterocycles. The lowest BCUT2D eigenvalue weighted by Crippen LogP contribution is -2.62. The van der Waals surface area contributed by atoms with Crippen molar-refractivity contribution in [3.8, 4) is 11.1 Å². The van der Waals surface area contributed by atoms with Gasteiger partial charge in [-0.25, -0.2) is 0 Å². The zero-order chi connectivity index (χ0) is 56.6. The SMILES string of the molecule is CC/C=C1\C(=C/CN2c3cc(-c4ccc(N(c5ccccc5)c5ccccc5)cc4)cc4c3B(c3c(sc5cc6c(cc35)C3(C)CCC(CC3)C6C)N4c3ccc4c(c3)C(C)(C)CCC4C)C3C=CC(CC)=CC32)C(C)(C)CCC1(C)C. The summed E-state index contributed by atoms with van der Waals surface area (Å²) in [6, 6.07) is 49.8. The molecule has 0 radical (unpaired) electrons. The molecule has 0 N–H and O–H groups in total.